The molecule has 0 aliphatic carbocycles. The second kappa shape index (κ2) is 7.81. The molecule has 0 aliphatic heterocycles. The number of benzene rings is 2. The van der Waals surface area contributed by atoms with Crippen LogP contribution in [-0.2, 0) is 17.9 Å². The van der Waals surface area contributed by atoms with E-state index in [4.69, 9.17) is 10.3 Å². The van der Waals surface area contributed by atoms with Crippen molar-refractivity contribution in [3.8, 4) is 0 Å². The summed E-state index contributed by atoms with van der Waals surface area (Å²) in [5.74, 6) is 0. The fraction of sp³-hybridized carbons (Fsp3) is 0.111. The molecule has 0 aliphatic rings. The lowest BCUT2D eigenvalue weighted by atomic mass is 10.1. The predicted octanol–water partition coefficient (Wildman–Crippen LogP) is 4.79. The van der Waals surface area contributed by atoms with Crippen LogP contribution in [0.25, 0.3) is 21.3 Å². The van der Waals surface area contributed by atoms with Crippen LogP contribution in [0.1, 0.15) is 11.1 Å². The molecule has 3 aromatic rings. The molecule has 1 N–H and O–H groups in total. The van der Waals surface area contributed by atoms with Crippen molar-refractivity contribution < 1.29 is 9.53 Å². The second-order valence-electron chi connectivity index (χ2n) is 5.25. The standard InChI is InChI=1S/C18H15N5O2/c19-23-21-11-14-8-9-16(17-15(14)7-4-10-20-17)22-18(24)25-12-13-5-2-1-3-6-13/h1-10H,11-12H2,(H,22,24). The van der Waals surface area contributed by atoms with E-state index in [9.17, 15) is 4.79 Å². The van der Waals surface area contributed by atoms with Crippen molar-refractivity contribution in [2.24, 2.45) is 5.11 Å². The Kier molecular flexibility index (Phi) is 5.09. The maximum atomic E-state index is 12.1. The number of hydrogen-bond donors (Lipinski definition) is 1. The molecule has 7 nitrogen and oxygen atoms in total. The number of carbonyl (C=O) groups is 1. The minimum absolute atomic E-state index is 0.188. The molecule has 0 bridgehead atoms. The van der Waals surface area contributed by atoms with Gasteiger partial charge in [-0.15, -0.1) is 0 Å². The summed E-state index contributed by atoms with van der Waals surface area (Å²) in [6.07, 6.45) is 1.08. The molecule has 0 atom stereocenters. The van der Waals surface area contributed by atoms with E-state index in [-0.39, 0.29) is 13.2 Å². The third-order valence-electron chi connectivity index (χ3n) is 3.61. The average Bonchev–Trinajstić information content (AvgIpc) is 2.66. The van der Waals surface area contributed by atoms with E-state index in [1.807, 2.05) is 36.4 Å². The first-order valence-corrected chi connectivity index (χ1v) is 7.63. The Bertz CT molecular complexity index is 937. The van der Waals surface area contributed by atoms with E-state index in [1.54, 1.807) is 24.4 Å². The Labute approximate surface area is 143 Å². The lowest BCUT2D eigenvalue weighted by molar-refractivity contribution is 0.155. The summed E-state index contributed by atoms with van der Waals surface area (Å²) < 4.78 is 5.23. The Morgan fingerprint density at radius 3 is 2.80 bits per heavy atom. The van der Waals surface area contributed by atoms with Crippen molar-refractivity contribution in [1.82, 2.24) is 4.98 Å². The first kappa shape index (κ1) is 16.3. The van der Waals surface area contributed by atoms with Crippen molar-refractivity contribution in [1.29, 1.82) is 0 Å². The molecule has 0 fully saturated rings. The zero-order valence-corrected chi connectivity index (χ0v) is 13.3. The smallest absolute Gasteiger partial charge is 0.412 e. The fourth-order valence-electron chi connectivity index (χ4n) is 2.45. The highest BCUT2D eigenvalue weighted by molar-refractivity contribution is 5.99. The van der Waals surface area contributed by atoms with Gasteiger partial charge in [0.15, 0.2) is 0 Å². The zero-order valence-electron chi connectivity index (χ0n) is 13.3. The highest BCUT2D eigenvalue weighted by Gasteiger charge is 2.10. The van der Waals surface area contributed by atoms with Crippen LogP contribution in [0.2, 0.25) is 0 Å². The molecule has 0 saturated carbocycles. The van der Waals surface area contributed by atoms with Gasteiger partial charge in [-0.1, -0.05) is 47.6 Å². The normalized spacial score (nSPS) is 10.1. The van der Waals surface area contributed by atoms with Crippen molar-refractivity contribution in [2.45, 2.75) is 13.2 Å². The van der Waals surface area contributed by atoms with Crippen molar-refractivity contribution in [3.05, 3.63) is 82.4 Å². The van der Waals surface area contributed by atoms with E-state index < -0.39 is 6.09 Å². The van der Waals surface area contributed by atoms with Gasteiger partial charge >= 0.3 is 6.09 Å². The van der Waals surface area contributed by atoms with E-state index in [0.29, 0.717) is 11.2 Å². The van der Waals surface area contributed by atoms with Gasteiger partial charge in [-0.25, -0.2) is 4.79 Å². The molecule has 7 heteroatoms. The molecule has 0 radical (unpaired) electrons. The molecule has 2 aromatic carbocycles. The number of hydrogen-bond acceptors (Lipinski definition) is 4. The van der Waals surface area contributed by atoms with Crippen LogP contribution >= 0.6 is 0 Å². The maximum absolute atomic E-state index is 12.1. The predicted molar refractivity (Wildman–Crippen MR) is 94.8 cm³/mol. The van der Waals surface area contributed by atoms with Crippen molar-refractivity contribution >= 4 is 22.7 Å². The zero-order chi connectivity index (χ0) is 17.5. The molecule has 1 amide bonds. The Balaban J connectivity index is 1.77. The Hall–Kier alpha value is -3.57. The number of anilines is 1. The highest BCUT2D eigenvalue weighted by Crippen LogP contribution is 2.25. The van der Waals surface area contributed by atoms with Gasteiger partial charge in [0.25, 0.3) is 0 Å². The molecule has 0 spiro atoms. The van der Waals surface area contributed by atoms with Crippen molar-refractivity contribution in [2.75, 3.05) is 5.32 Å². The van der Waals surface area contributed by atoms with Crippen LogP contribution in [0.3, 0.4) is 0 Å². The van der Waals surface area contributed by atoms with Gasteiger partial charge in [0.2, 0.25) is 0 Å². The minimum Gasteiger partial charge on any atom is -0.444 e. The molecule has 25 heavy (non-hydrogen) atoms. The number of pyridine rings is 1. The largest absolute Gasteiger partial charge is 0.444 e. The molecule has 124 valence electrons. The molecular weight excluding hydrogens is 318 g/mol. The van der Waals surface area contributed by atoms with Crippen LogP contribution in [0, 0.1) is 0 Å². The molecular formula is C18H15N5O2. The van der Waals surface area contributed by atoms with Crippen LogP contribution < -0.4 is 5.32 Å². The molecule has 0 saturated heterocycles. The van der Waals surface area contributed by atoms with Crippen LogP contribution in [0.15, 0.2) is 65.9 Å². The summed E-state index contributed by atoms with van der Waals surface area (Å²) in [7, 11) is 0. The monoisotopic (exact) mass is 333 g/mol. The van der Waals surface area contributed by atoms with Gasteiger partial charge in [0, 0.05) is 16.5 Å². The van der Waals surface area contributed by atoms with Crippen LogP contribution in [-0.4, -0.2) is 11.1 Å². The lowest BCUT2D eigenvalue weighted by Crippen LogP contribution is -2.14. The highest BCUT2D eigenvalue weighted by atomic mass is 16.5. The van der Waals surface area contributed by atoms with Gasteiger partial charge in [-0.3, -0.25) is 10.3 Å². The molecule has 1 aromatic heterocycles. The quantitative estimate of drug-likeness (QED) is 0.412. The van der Waals surface area contributed by atoms with E-state index in [1.165, 1.54) is 0 Å². The third kappa shape index (κ3) is 4.04. The van der Waals surface area contributed by atoms with Gasteiger partial charge in [0.05, 0.1) is 17.7 Å². The maximum Gasteiger partial charge on any atom is 0.412 e. The van der Waals surface area contributed by atoms with Gasteiger partial charge in [-0.05, 0) is 28.8 Å². The summed E-state index contributed by atoms with van der Waals surface area (Å²) in [6, 6.07) is 16.6. The van der Waals surface area contributed by atoms with Crippen LogP contribution in [0.4, 0.5) is 10.5 Å². The number of azide groups is 1. The van der Waals surface area contributed by atoms with Gasteiger partial charge < -0.3 is 4.74 Å². The molecule has 3 rings (SSSR count). The van der Waals surface area contributed by atoms with Gasteiger partial charge in [-0.2, -0.15) is 0 Å². The van der Waals surface area contributed by atoms with E-state index in [2.05, 4.69) is 20.3 Å². The number of carbonyl (C=O) groups excluding carboxylic acids is 1. The second-order valence-corrected chi connectivity index (χ2v) is 5.25. The SMILES string of the molecule is [N-]=[N+]=NCc1ccc(NC(=O)OCc2ccccc2)c2ncccc12. The van der Waals surface area contributed by atoms with Gasteiger partial charge in [0.1, 0.15) is 6.61 Å². The number of nitrogens with one attached hydrogen (secondary N) is 1. The number of amides is 1. The topological polar surface area (TPSA) is 100.0 Å². The average molecular weight is 333 g/mol. The van der Waals surface area contributed by atoms with Crippen LogP contribution in [0.5, 0.6) is 0 Å². The minimum atomic E-state index is -0.557. The summed E-state index contributed by atoms with van der Waals surface area (Å²) in [5, 5.41) is 7.11. The number of aromatic nitrogens is 1. The summed E-state index contributed by atoms with van der Waals surface area (Å²) in [6.45, 7) is 0.407. The Morgan fingerprint density at radius 1 is 1.16 bits per heavy atom. The first-order chi connectivity index (χ1) is 12.3. The number of rotatable bonds is 5. The summed E-state index contributed by atoms with van der Waals surface area (Å²) in [5.41, 5.74) is 11.4. The summed E-state index contributed by atoms with van der Waals surface area (Å²) >= 11 is 0. The van der Waals surface area contributed by atoms with E-state index in [0.717, 1.165) is 16.5 Å². The van der Waals surface area contributed by atoms with Crippen molar-refractivity contribution in [3.63, 3.8) is 0 Å². The summed E-state index contributed by atoms with van der Waals surface area (Å²) in [4.78, 5) is 19.2. The lowest BCUT2D eigenvalue weighted by Gasteiger charge is -2.11. The third-order valence-corrected chi connectivity index (χ3v) is 3.61. The van der Waals surface area contributed by atoms with E-state index >= 15 is 0 Å². The fourth-order valence-corrected chi connectivity index (χ4v) is 2.45. The first-order valence-electron chi connectivity index (χ1n) is 7.63. The molecule has 0 unspecified atom stereocenters. The molecule has 1 heterocycles. The number of ether oxygens (including phenoxy) is 1. The number of fused-ring (bicyclic) bond motifs is 1. The number of nitrogens with zero attached hydrogens (tertiary/aromatic N) is 4. The Morgan fingerprint density at radius 2 is 2.00 bits per heavy atom.